The second-order valence-corrected chi connectivity index (χ2v) is 17.6. The molecule has 0 fully saturated rings. The van der Waals surface area contributed by atoms with Crippen LogP contribution in [-0.2, 0) is 0 Å². The molecule has 0 atom stereocenters. The Hall–Kier alpha value is 1.59. The zero-order chi connectivity index (χ0) is 6.78. The van der Waals surface area contributed by atoms with E-state index in [1.165, 1.54) is 0 Å². The van der Waals surface area contributed by atoms with Crippen LogP contribution >= 0.6 is 45.4 Å². The van der Waals surface area contributed by atoms with E-state index in [2.05, 4.69) is 0 Å². The Morgan fingerprint density at radius 2 is 1.75 bits per heavy atom. The lowest BCUT2D eigenvalue weighted by Crippen LogP contribution is -2.26. The Kier molecular flexibility index (Phi) is 4.42. The minimum Gasteiger partial charge on any atom is -0.155 e. The van der Waals surface area contributed by atoms with Gasteiger partial charge in [0.25, 0.3) is 0 Å². The van der Waals surface area contributed by atoms with E-state index in [-0.39, 0.29) is 0 Å². The number of rotatable bonds is 2. The van der Waals surface area contributed by atoms with Crippen molar-refractivity contribution in [2.75, 3.05) is 0 Å². The first-order valence-electron chi connectivity index (χ1n) is 2.08. The summed E-state index contributed by atoms with van der Waals surface area (Å²) in [5, 5.41) is 0. The molecular formula is C2H6Cl4Si2. The SMILES string of the molecule is CC(Cl)(Cl)[SiH2][SiH](Cl)Cl. The molecule has 0 saturated heterocycles. The molecule has 0 bridgehead atoms. The van der Waals surface area contributed by atoms with E-state index >= 15 is 0 Å². The first kappa shape index (κ1) is 9.59. The van der Waals surface area contributed by atoms with Crippen LogP contribution in [0.15, 0.2) is 0 Å². The van der Waals surface area contributed by atoms with Gasteiger partial charge in [0.05, 0.1) is 13.0 Å². The van der Waals surface area contributed by atoms with Gasteiger partial charge in [0, 0.05) is 0 Å². The normalized spacial score (nSPS) is 14.2. The molecule has 0 aliphatic heterocycles. The second kappa shape index (κ2) is 3.69. The quantitative estimate of drug-likeness (QED) is 0.381. The number of hydrogen-bond acceptors (Lipinski definition) is 0. The standard InChI is InChI=1S/C2H6Cl4Si2/c1-2(3,4)7-8(5)6/h8H,7H2,1H3. The molecule has 0 aliphatic carbocycles. The van der Waals surface area contributed by atoms with Crippen LogP contribution in [0.1, 0.15) is 6.92 Å². The summed E-state index contributed by atoms with van der Waals surface area (Å²) in [7, 11) is -0.615. The Labute approximate surface area is 72.1 Å². The summed E-state index contributed by atoms with van der Waals surface area (Å²) in [6.07, 6.45) is 0. The first-order valence-corrected chi connectivity index (χ1v) is 10.3. The summed E-state index contributed by atoms with van der Waals surface area (Å²) in [5.74, 6) is 0. The van der Waals surface area contributed by atoms with Gasteiger partial charge in [-0.05, 0) is 6.92 Å². The predicted octanol–water partition coefficient (Wildman–Crippen LogP) is 1.50. The van der Waals surface area contributed by atoms with E-state index < -0.39 is 19.9 Å². The van der Waals surface area contributed by atoms with Crippen molar-refractivity contribution in [1.29, 1.82) is 0 Å². The summed E-state index contributed by atoms with van der Waals surface area (Å²) in [5.41, 5.74) is 0. The van der Waals surface area contributed by atoms with E-state index in [1.807, 2.05) is 0 Å². The van der Waals surface area contributed by atoms with Gasteiger partial charge >= 0.3 is 0 Å². The third-order valence-corrected chi connectivity index (χ3v) is 10.2. The monoisotopic (exact) mass is 226 g/mol. The highest BCUT2D eigenvalue weighted by Gasteiger charge is 2.21. The van der Waals surface area contributed by atoms with Crippen molar-refractivity contribution >= 4 is 61.3 Å². The summed E-state index contributed by atoms with van der Waals surface area (Å²) in [6.45, 7) is 0.267. The van der Waals surface area contributed by atoms with Gasteiger partial charge < -0.3 is 0 Å². The number of alkyl halides is 2. The molecule has 0 saturated carbocycles. The molecule has 0 nitrogen and oxygen atoms in total. The molecule has 0 aromatic heterocycles. The molecule has 0 rings (SSSR count). The van der Waals surface area contributed by atoms with Crippen molar-refractivity contribution in [3.05, 3.63) is 0 Å². The molecular weight excluding hydrogens is 222 g/mol. The maximum Gasteiger partial charge on any atom is 0.221 e. The molecule has 0 aliphatic rings. The zero-order valence-corrected chi connectivity index (χ0v) is 9.89. The average Bonchev–Trinajstić information content (AvgIpc) is 1.21. The minimum atomic E-state index is -1.48. The first-order chi connectivity index (χ1) is 3.42. The van der Waals surface area contributed by atoms with E-state index in [0.29, 0.717) is 0 Å². The lowest BCUT2D eigenvalue weighted by Gasteiger charge is -2.10. The zero-order valence-electron chi connectivity index (χ0n) is 4.30. The summed E-state index contributed by atoms with van der Waals surface area (Å²) in [6, 6.07) is 0. The third kappa shape index (κ3) is 7.59. The molecule has 0 radical (unpaired) electrons. The van der Waals surface area contributed by atoms with Crippen LogP contribution in [0, 0.1) is 0 Å². The van der Waals surface area contributed by atoms with E-state index in [1.54, 1.807) is 6.92 Å². The van der Waals surface area contributed by atoms with Crippen LogP contribution in [0.2, 0.25) is 0 Å². The smallest absolute Gasteiger partial charge is 0.155 e. The van der Waals surface area contributed by atoms with Crippen LogP contribution in [0.25, 0.3) is 0 Å². The van der Waals surface area contributed by atoms with Gasteiger partial charge in [-0.2, -0.15) is 22.2 Å². The molecule has 0 unspecified atom stereocenters. The van der Waals surface area contributed by atoms with Crippen LogP contribution in [0.5, 0.6) is 0 Å². The Bertz CT molecular complexity index is 66.9. The minimum absolute atomic E-state index is 0.597. The van der Waals surface area contributed by atoms with E-state index in [0.717, 1.165) is 0 Å². The van der Waals surface area contributed by atoms with Gasteiger partial charge in [-0.1, -0.05) is 0 Å². The van der Waals surface area contributed by atoms with Crippen LogP contribution in [-0.4, -0.2) is 19.9 Å². The fourth-order valence-corrected chi connectivity index (χ4v) is 13.6. The van der Waals surface area contributed by atoms with Crippen molar-refractivity contribution in [3.63, 3.8) is 0 Å². The highest BCUT2D eigenvalue weighted by atomic mass is 35.7. The van der Waals surface area contributed by atoms with Crippen molar-refractivity contribution in [2.24, 2.45) is 0 Å². The Balaban J connectivity index is 3.39. The average molecular weight is 228 g/mol. The molecule has 8 heavy (non-hydrogen) atoms. The maximum absolute atomic E-state index is 5.62. The molecule has 0 amide bonds. The van der Waals surface area contributed by atoms with Crippen molar-refractivity contribution in [2.45, 2.75) is 10.9 Å². The molecule has 0 heterocycles. The molecule has 0 aromatic carbocycles. The fraction of sp³-hybridized carbons (Fsp3) is 1.00. The molecule has 6 heteroatoms. The van der Waals surface area contributed by atoms with Crippen LogP contribution in [0.4, 0.5) is 0 Å². The van der Waals surface area contributed by atoms with Gasteiger partial charge in [0.15, 0.2) is 0 Å². The van der Waals surface area contributed by atoms with Crippen LogP contribution < -0.4 is 0 Å². The lowest BCUT2D eigenvalue weighted by molar-refractivity contribution is 1.26. The fourth-order valence-electron chi connectivity index (χ4n) is 0.271. The van der Waals surface area contributed by atoms with Gasteiger partial charge in [0.2, 0.25) is 6.93 Å². The van der Waals surface area contributed by atoms with Crippen LogP contribution in [0.3, 0.4) is 0 Å². The van der Waals surface area contributed by atoms with Gasteiger partial charge in [0.1, 0.15) is 0 Å². The van der Waals surface area contributed by atoms with Crippen molar-refractivity contribution in [1.82, 2.24) is 0 Å². The predicted molar refractivity (Wildman–Crippen MR) is 47.5 cm³/mol. The summed E-state index contributed by atoms with van der Waals surface area (Å²) >= 11 is 22.4. The Morgan fingerprint density at radius 1 is 1.38 bits per heavy atom. The van der Waals surface area contributed by atoms with E-state index in [9.17, 15) is 0 Å². The maximum atomic E-state index is 5.62. The lowest BCUT2D eigenvalue weighted by atomic mass is 10.9. The molecule has 0 spiro atoms. The largest absolute Gasteiger partial charge is 0.221 e. The summed E-state index contributed by atoms with van der Waals surface area (Å²) < 4.78 is -0.597. The van der Waals surface area contributed by atoms with Gasteiger partial charge in [-0.3, -0.25) is 0 Å². The second-order valence-electron chi connectivity index (χ2n) is 1.67. The number of hydrogen-bond donors (Lipinski definition) is 0. The van der Waals surface area contributed by atoms with Gasteiger partial charge in [-0.25, -0.2) is 0 Å². The highest BCUT2D eigenvalue weighted by Crippen LogP contribution is 2.19. The molecule has 50 valence electrons. The Morgan fingerprint density at radius 3 is 1.75 bits per heavy atom. The topological polar surface area (TPSA) is 0 Å². The highest BCUT2D eigenvalue weighted by molar-refractivity contribution is 7.57. The third-order valence-electron chi connectivity index (χ3n) is 0.513. The molecule has 0 aromatic rings. The molecule has 0 N–H and O–H groups in total. The van der Waals surface area contributed by atoms with E-state index in [4.69, 9.17) is 45.4 Å². The number of halogens is 4. The summed E-state index contributed by atoms with van der Waals surface area (Å²) in [4.78, 5) is 0. The van der Waals surface area contributed by atoms with Gasteiger partial charge in [-0.15, -0.1) is 23.2 Å². The van der Waals surface area contributed by atoms with Crippen molar-refractivity contribution in [3.8, 4) is 0 Å². The van der Waals surface area contributed by atoms with Crippen molar-refractivity contribution < 1.29 is 0 Å².